The van der Waals surface area contributed by atoms with Gasteiger partial charge in [-0.25, -0.2) is 4.79 Å². The topological polar surface area (TPSA) is 99.5 Å². The molecule has 0 saturated heterocycles. The number of nitriles is 1. The second kappa shape index (κ2) is 11.0. The Bertz CT molecular complexity index is 944. The molecule has 7 nitrogen and oxygen atoms in total. The first-order valence-electron chi connectivity index (χ1n) is 9.87. The summed E-state index contributed by atoms with van der Waals surface area (Å²) in [5.74, 6) is -1.55. The van der Waals surface area contributed by atoms with Gasteiger partial charge in [-0.3, -0.25) is 9.59 Å². The Hall–Kier alpha value is -3.40. The molecule has 30 heavy (non-hydrogen) atoms. The fraction of sp³-hybridized carbons (Fsp3) is 0.391. The van der Waals surface area contributed by atoms with Gasteiger partial charge in [0.1, 0.15) is 6.04 Å². The molecule has 2 amide bonds. The van der Waals surface area contributed by atoms with E-state index < -0.39 is 24.5 Å². The van der Waals surface area contributed by atoms with Crippen molar-refractivity contribution >= 4 is 28.6 Å². The lowest BCUT2D eigenvalue weighted by molar-refractivity contribution is -0.155. The van der Waals surface area contributed by atoms with Gasteiger partial charge in [-0.2, -0.15) is 5.26 Å². The predicted molar refractivity (Wildman–Crippen MR) is 113 cm³/mol. The van der Waals surface area contributed by atoms with Gasteiger partial charge >= 0.3 is 5.97 Å². The van der Waals surface area contributed by atoms with Crippen LogP contribution in [-0.4, -0.2) is 48.9 Å². The highest BCUT2D eigenvalue weighted by atomic mass is 16.5. The number of likely N-dealkylation sites (N-methyl/N-ethyl adjacent to an activating group) is 1. The van der Waals surface area contributed by atoms with E-state index >= 15 is 0 Å². The van der Waals surface area contributed by atoms with E-state index in [0.717, 1.165) is 16.3 Å². The molecule has 0 radical (unpaired) electrons. The molecule has 2 aromatic carbocycles. The van der Waals surface area contributed by atoms with E-state index in [-0.39, 0.29) is 31.2 Å². The zero-order valence-corrected chi connectivity index (χ0v) is 17.6. The lowest BCUT2D eigenvalue weighted by Crippen LogP contribution is -2.46. The van der Waals surface area contributed by atoms with Gasteiger partial charge in [-0.05, 0) is 22.3 Å². The van der Waals surface area contributed by atoms with Crippen molar-refractivity contribution < 1.29 is 19.1 Å². The highest BCUT2D eigenvalue weighted by Crippen LogP contribution is 2.19. The molecule has 7 heteroatoms. The third-order valence-electron chi connectivity index (χ3n) is 4.79. The van der Waals surface area contributed by atoms with Crippen LogP contribution in [0.4, 0.5) is 0 Å². The number of benzene rings is 2. The Kier molecular flexibility index (Phi) is 8.36. The molecule has 0 unspecified atom stereocenters. The molecule has 0 aromatic heterocycles. The maximum absolute atomic E-state index is 12.6. The summed E-state index contributed by atoms with van der Waals surface area (Å²) in [6, 6.07) is 14.7. The molecule has 0 saturated carbocycles. The van der Waals surface area contributed by atoms with Gasteiger partial charge in [0.25, 0.3) is 5.91 Å². The van der Waals surface area contributed by atoms with E-state index in [0.29, 0.717) is 0 Å². The summed E-state index contributed by atoms with van der Waals surface area (Å²) in [7, 11) is 1.54. The van der Waals surface area contributed by atoms with E-state index in [1.165, 1.54) is 4.90 Å². The van der Waals surface area contributed by atoms with Crippen LogP contribution in [0.3, 0.4) is 0 Å². The van der Waals surface area contributed by atoms with Crippen molar-refractivity contribution in [2.75, 3.05) is 20.2 Å². The number of nitrogens with one attached hydrogen (secondary N) is 1. The molecule has 2 aromatic rings. The van der Waals surface area contributed by atoms with Crippen LogP contribution in [0.2, 0.25) is 0 Å². The number of nitrogens with zero attached hydrogens (tertiary/aromatic N) is 2. The smallest absolute Gasteiger partial charge is 0.329 e. The number of hydrogen-bond donors (Lipinski definition) is 1. The number of rotatable bonds is 9. The number of hydrogen-bond acceptors (Lipinski definition) is 5. The molecule has 0 fully saturated rings. The maximum Gasteiger partial charge on any atom is 0.329 e. The molecular weight excluding hydrogens is 382 g/mol. The number of amides is 2. The van der Waals surface area contributed by atoms with Crippen molar-refractivity contribution in [1.29, 1.82) is 5.26 Å². The van der Waals surface area contributed by atoms with Crippen LogP contribution in [0.1, 0.15) is 25.8 Å². The van der Waals surface area contributed by atoms with Gasteiger partial charge in [-0.1, -0.05) is 56.3 Å². The summed E-state index contributed by atoms with van der Waals surface area (Å²) in [5.41, 5.74) is 0.871. The van der Waals surface area contributed by atoms with E-state index in [1.54, 1.807) is 20.9 Å². The van der Waals surface area contributed by atoms with Gasteiger partial charge in [-0.15, -0.1) is 0 Å². The quantitative estimate of drug-likeness (QED) is 0.641. The molecule has 1 N–H and O–H groups in total. The van der Waals surface area contributed by atoms with Crippen LogP contribution in [0.25, 0.3) is 10.8 Å². The SMILES string of the molecule is CC(C)[C@H](NC(=O)Cc1cccc2ccccc12)C(=O)OCC(=O)N(C)CCC#N. The van der Waals surface area contributed by atoms with Crippen molar-refractivity contribution in [3.05, 3.63) is 48.0 Å². The standard InChI is InChI=1S/C23H27N3O4/c1-16(2)22(23(29)30-15-21(28)26(3)13-7-12-24)25-20(27)14-18-10-6-9-17-8-4-5-11-19(17)18/h4-6,8-11,16,22H,7,13-15H2,1-3H3,(H,25,27)/t22-/m0/s1. The monoisotopic (exact) mass is 409 g/mol. The van der Waals surface area contributed by atoms with Crippen LogP contribution < -0.4 is 5.32 Å². The van der Waals surface area contributed by atoms with E-state index in [1.807, 2.05) is 48.5 Å². The first kappa shape index (κ1) is 22.9. The minimum Gasteiger partial charge on any atom is -0.454 e. The molecule has 0 heterocycles. The Morgan fingerprint density at radius 2 is 1.83 bits per heavy atom. The Morgan fingerprint density at radius 1 is 1.13 bits per heavy atom. The van der Waals surface area contributed by atoms with Gasteiger partial charge < -0.3 is 15.0 Å². The van der Waals surface area contributed by atoms with Gasteiger partial charge in [0.2, 0.25) is 5.91 Å². The average molecular weight is 409 g/mol. The highest BCUT2D eigenvalue weighted by molar-refractivity contribution is 5.92. The van der Waals surface area contributed by atoms with Crippen LogP contribution in [0.5, 0.6) is 0 Å². The number of fused-ring (bicyclic) bond motifs is 1. The minimum atomic E-state index is -0.857. The van der Waals surface area contributed by atoms with Crippen LogP contribution >= 0.6 is 0 Å². The molecule has 158 valence electrons. The molecule has 0 bridgehead atoms. The van der Waals surface area contributed by atoms with Crippen molar-refractivity contribution in [3.63, 3.8) is 0 Å². The van der Waals surface area contributed by atoms with E-state index in [4.69, 9.17) is 10.00 Å². The summed E-state index contributed by atoms with van der Waals surface area (Å²) >= 11 is 0. The Morgan fingerprint density at radius 3 is 2.53 bits per heavy atom. The zero-order chi connectivity index (χ0) is 22.1. The highest BCUT2D eigenvalue weighted by Gasteiger charge is 2.27. The van der Waals surface area contributed by atoms with Crippen molar-refractivity contribution in [2.45, 2.75) is 32.7 Å². The molecule has 0 spiro atoms. The third-order valence-corrected chi connectivity index (χ3v) is 4.79. The summed E-state index contributed by atoms with van der Waals surface area (Å²) in [4.78, 5) is 38.4. The second-order valence-corrected chi connectivity index (χ2v) is 7.44. The molecule has 0 aliphatic carbocycles. The maximum atomic E-state index is 12.6. The summed E-state index contributed by atoms with van der Waals surface area (Å²) in [5, 5.41) is 13.4. The molecule has 0 aliphatic heterocycles. The molecular formula is C23H27N3O4. The predicted octanol–water partition coefficient (Wildman–Crippen LogP) is 2.44. The fourth-order valence-corrected chi connectivity index (χ4v) is 3.02. The van der Waals surface area contributed by atoms with Crippen LogP contribution in [-0.2, 0) is 25.5 Å². The van der Waals surface area contributed by atoms with Gasteiger partial charge in [0.15, 0.2) is 6.61 Å². The average Bonchev–Trinajstić information content (AvgIpc) is 2.73. The lowest BCUT2D eigenvalue weighted by Gasteiger charge is -2.22. The van der Waals surface area contributed by atoms with Crippen LogP contribution in [0, 0.1) is 17.2 Å². The lowest BCUT2D eigenvalue weighted by atomic mass is 10.0. The fourth-order valence-electron chi connectivity index (χ4n) is 3.02. The van der Waals surface area contributed by atoms with E-state index in [2.05, 4.69) is 5.32 Å². The number of ether oxygens (including phenoxy) is 1. The van der Waals surface area contributed by atoms with Gasteiger partial charge in [0, 0.05) is 13.6 Å². The van der Waals surface area contributed by atoms with Crippen molar-refractivity contribution in [2.24, 2.45) is 5.92 Å². The summed E-state index contributed by atoms with van der Waals surface area (Å²) < 4.78 is 5.12. The van der Waals surface area contributed by atoms with E-state index in [9.17, 15) is 14.4 Å². The third kappa shape index (κ3) is 6.31. The first-order chi connectivity index (χ1) is 14.3. The minimum absolute atomic E-state index is 0.133. The number of esters is 1. The molecule has 0 aliphatic rings. The van der Waals surface area contributed by atoms with Crippen LogP contribution in [0.15, 0.2) is 42.5 Å². The first-order valence-corrected chi connectivity index (χ1v) is 9.87. The normalized spacial score (nSPS) is 11.6. The molecule has 2 rings (SSSR count). The summed E-state index contributed by atoms with van der Waals surface area (Å²) in [6.07, 6.45) is 0.336. The second-order valence-electron chi connectivity index (χ2n) is 7.44. The molecule has 1 atom stereocenters. The largest absolute Gasteiger partial charge is 0.454 e. The van der Waals surface area contributed by atoms with Gasteiger partial charge in [0.05, 0.1) is 18.9 Å². The Balaban J connectivity index is 1.97. The van der Waals surface area contributed by atoms with Crippen molar-refractivity contribution in [1.82, 2.24) is 10.2 Å². The zero-order valence-electron chi connectivity index (χ0n) is 17.6. The Labute approximate surface area is 176 Å². The number of carbonyl (C=O) groups excluding carboxylic acids is 3. The summed E-state index contributed by atoms with van der Waals surface area (Å²) in [6.45, 7) is 3.43. The number of carbonyl (C=O) groups is 3. The van der Waals surface area contributed by atoms with Crippen molar-refractivity contribution in [3.8, 4) is 6.07 Å².